The van der Waals surface area contributed by atoms with Gasteiger partial charge in [0.15, 0.2) is 6.10 Å². The molecule has 22 heavy (non-hydrogen) atoms. The first kappa shape index (κ1) is 16.4. The summed E-state index contributed by atoms with van der Waals surface area (Å²) >= 11 is 11.8. The molecule has 0 fully saturated rings. The van der Waals surface area contributed by atoms with Crippen LogP contribution in [0, 0.1) is 6.92 Å². The van der Waals surface area contributed by atoms with Crippen LogP contribution in [-0.4, -0.2) is 18.2 Å². The predicted octanol–water partition coefficient (Wildman–Crippen LogP) is 3.81. The highest BCUT2D eigenvalue weighted by Crippen LogP contribution is 2.28. The molecule has 1 aromatic heterocycles. The zero-order chi connectivity index (χ0) is 16.1. The molecular weight excluding hydrogens is 327 g/mol. The Morgan fingerprint density at radius 2 is 2.14 bits per heavy atom. The molecule has 1 atom stereocenters. The number of rotatable bonds is 5. The molecule has 0 aliphatic rings. The molecule has 0 saturated heterocycles. The van der Waals surface area contributed by atoms with Gasteiger partial charge >= 0.3 is 0 Å². The molecule has 1 aromatic carbocycles. The molecule has 0 radical (unpaired) electrons. The van der Waals surface area contributed by atoms with Gasteiger partial charge in [0.1, 0.15) is 17.3 Å². The van der Waals surface area contributed by atoms with Crippen molar-refractivity contribution in [3.63, 3.8) is 0 Å². The highest BCUT2D eigenvalue weighted by atomic mass is 35.5. The number of hydrazone groups is 1. The summed E-state index contributed by atoms with van der Waals surface area (Å²) in [5.41, 5.74) is 2.37. The molecule has 7 heteroatoms. The fourth-order valence-electron chi connectivity index (χ4n) is 1.59. The maximum atomic E-state index is 11.9. The lowest BCUT2D eigenvalue weighted by Crippen LogP contribution is -2.33. The van der Waals surface area contributed by atoms with Gasteiger partial charge in [0, 0.05) is 5.02 Å². The molecule has 2 aromatic rings. The second kappa shape index (κ2) is 7.33. The summed E-state index contributed by atoms with van der Waals surface area (Å²) in [6.07, 6.45) is 0.640. The monoisotopic (exact) mass is 340 g/mol. The Morgan fingerprint density at radius 1 is 1.36 bits per heavy atom. The van der Waals surface area contributed by atoms with Crippen molar-refractivity contribution in [3.05, 3.63) is 51.9 Å². The fourth-order valence-corrected chi connectivity index (χ4v) is 2.04. The smallest absolute Gasteiger partial charge is 0.280 e. The van der Waals surface area contributed by atoms with E-state index in [1.54, 1.807) is 37.3 Å². The van der Waals surface area contributed by atoms with Crippen LogP contribution >= 0.6 is 23.2 Å². The van der Waals surface area contributed by atoms with E-state index >= 15 is 0 Å². The average molecular weight is 341 g/mol. The molecule has 0 aliphatic carbocycles. The first-order valence-corrected chi connectivity index (χ1v) is 7.22. The molecule has 1 N–H and O–H groups in total. The van der Waals surface area contributed by atoms with Crippen LogP contribution in [-0.2, 0) is 4.79 Å². The van der Waals surface area contributed by atoms with Crippen LogP contribution in [0.1, 0.15) is 18.4 Å². The standard InChI is InChI=1S/C15H14Cl2N2O3/c1-9-3-5-12(21-9)8-18-19-15(20)10(2)22-14-6-4-11(16)7-13(14)17/h3-8,10H,1-2H3,(H,19,20)/b18-8+. The highest BCUT2D eigenvalue weighted by molar-refractivity contribution is 6.35. The van der Waals surface area contributed by atoms with Gasteiger partial charge in [-0.3, -0.25) is 4.79 Å². The molecule has 0 saturated carbocycles. The number of nitrogens with one attached hydrogen (secondary N) is 1. The lowest BCUT2D eigenvalue weighted by Gasteiger charge is -2.14. The van der Waals surface area contributed by atoms with E-state index < -0.39 is 12.0 Å². The van der Waals surface area contributed by atoms with Crippen LogP contribution in [0.3, 0.4) is 0 Å². The van der Waals surface area contributed by atoms with Crippen molar-refractivity contribution in [2.75, 3.05) is 0 Å². The maximum absolute atomic E-state index is 11.9. The number of furan rings is 1. The summed E-state index contributed by atoms with van der Waals surface area (Å²) in [7, 11) is 0. The minimum atomic E-state index is -0.769. The zero-order valence-corrected chi connectivity index (χ0v) is 13.5. The largest absolute Gasteiger partial charge is 0.479 e. The first-order valence-electron chi connectivity index (χ1n) is 6.47. The quantitative estimate of drug-likeness (QED) is 0.664. The molecule has 5 nitrogen and oxygen atoms in total. The first-order chi connectivity index (χ1) is 10.5. The number of hydrogen-bond donors (Lipinski definition) is 1. The normalized spacial score (nSPS) is 12.4. The van der Waals surface area contributed by atoms with E-state index in [0.717, 1.165) is 5.76 Å². The van der Waals surface area contributed by atoms with Gasteiger partial charge in [-0.2, -0.15) is 5.10 Å². The average Bonchev–Trinajstić information content (AvgIpc) is 2.87. The number of aryl methyl sites for hydroxylation is 1. The molecule has 1 unspecified atom stereocenters. The summed E-state index contributed by atoms with van der Waals surface area (Å²) in [6.45, 7) is 3.41. The minimum Gasteiger partial charge on any atom is -0.479 e. The Hall–Kier alpha value is -1.98. The zero-order valence-electron chi connectivity index (χ0n) is 12.0. The third-order valence-corrected chi connectivity index (χ3v) is 3.23. The molecular formula is C15H14Cl2N2O3. The van der Waals surface area contributed by atoms with Gasteiger partial charge < -0.3 is 9.15 Å². The van der Waals surface area contributed by atoms with Crippen molar-refractivity contribution in [2.24, 2.45) is 5.10 Å². The molecule has 0 bridgehead atoms. The van der Waals surface area contributed by atoms with Crippen LogP contribution < -0.4 is 10.2 Å². The van der Waals surface area contributed by atoms with Gasteiger partial charge in [-0.05, 0) is 44.2 Å². The number of nitrogens with zero attached hydrogens (tertiary/aromatic N) is 1. The SMILES string of the molecule is Cc1ccc(/C=N/NC(=O)C(C)Oc2ccc(Cl)cc2Cl)o1. The van der Waals surface area contributed by atoms with Crippen LogP contribution in [0.4, 0.5) is 0 Å². The van der Waals surface area contributed by atoms with Crippen LogP contribution in [0.25, 0.3) is 0 Å². The van der Waals surface area contributed by atoms with E-state index in [9.17, 15) is 4.79 Å². The van der Waals surface area contributed by atoms with E-state index in [1.165, 1.54) is 6.21 Å². The van der Waals surface area contributed by atoms with Crippen molar-refractivity contribution in [1.29, 1.82) is 0 Å². The summed E-state index contributed by atoms with van der Waals surface area (Å²) in [4.78, 5) is 11.9. The summed E-state index contributed by atoms with van der Waals surface area (Å²) < 4.78 is 10.8. The van der Waals surface area contributed by atoms with Crippen LogP contribution in [0.2, 0.25) is 10.0 Å². The summed E-state index contributed by atoms with van der Waals surface area (Å²) in [5.74, 6) is 1.28. The van der Waals surface area contributed by atoms with Gasteiger partial charge in [0.05, 0.1) is 11.2 Å². The van der Waals surface area contributed by atoms with Gasteiger partial charge in [0.25, 0.3) is 5.91 Å². The Balaban J connectivity index is 1.90. The van der Waals surface area contributed by atoms with Crippen molar-refractivity contribution >= 4 is 35.3 Å². The minimum absolute atomic E-state index is 0.335. The van der Waals surface area contributed by atoms with Gasteiger partial charge in [0.2, 0.25) is 0 Å². The molecule has 116 valence electrons. The van der Waals surface area contributed by atoms with E-state index in [4.69, 9.17) is 32.4 Å². The Labute approximate surface area is 137 Å². The summed E-state index contributed by atoms with van der Waals surface area (Å²) in [5, 5.41) is 4.63. The fraction of sp³-hybridized carbons (Fsp3) is 0.200. The second-order valence-electron chi connectivity index (χ2n) is 4.52. The Morgan fingerprint density at radius 3 is 2.77 bits per heavy atom. The highest BCUT2D eigenvalue weighted by Gasteiger charge is 2.15. The van der Waals surface area contributed by atoms with Gasteiger partial charge in [-0.25, -0.2) is 5.43 Å². The third kappa shape index (κ3) is 4.51. The number of amides is 1. The van der Waals surface area contributed by atoms with Crippen molar-refractivity contribution in [3.8, 4) is 5.75 Å². The number of halogens is 2. The summed E-state index contributed by atoms with van der Waals surface area (Å²) in [6, 6.07) is 8.32. The number of ether oxygens (including phenoxy) is 1. The lowest BCUT2D eigenvalue weighted by atomic mass is 10.3. The van der Waals surface area contributed by atoms with Crippen molar-refractivity contribution in [2.45, 2.75) is 20.0 Å². The number of carbonyl (C=O) groups excluding carboxylic acids is 1. The van der Waals surface area contributed by atoms with Crippen molar-refractivity contribution in [1.82, 2.24) is 5.43 Å². The van der Waals surface area contributed by atoms with E-state index in [0.29, 0.717) is 21.6 Å². The van der Waals surface area contributed by atoms with E-state index in [2.05, 4.69) is 10.5 Å². The molecule has 0 aliphatic heterocycles. The lowest BCUT2D eigenvalue weighted by molar-refractivity contribution is -0.127. The van der Waals surface area contributed by atoms with E-state index in [1.807, 2.05) is 6.92 Å². The van der Waals surface area contributed by atoms with Crippen LogP contribution in [0.15, 0.2) is 39.9 Å². The van der Waals surface area contributed by atoms with Crippen molar-refractivity contribution < 1.29 is 13.9 Å². The molecule has 0 spiro atoms. The second-order valence-corrected chi connectivity index (χ2v) is 5.36. The molecule has 2 rings (SSSR count). The number of benzene rings is 1. The van der Waals surface area contributed by atoms with Gasteiger partial charge in [-0.1, -0.05) is 23.2 Å². The Kier molecular flexibility index (Phi) is 5.46. The Bertz CT molecular complexity index is 698. The van der Waals surface area contributed by atoms with E-state index in [-0.39, 0.29) is 0 Å². The molecule has 1 heterocycles. The third-order valence-electron chi connectivity index (χ3n) is 2.69. The number of carbonyl (C=O) groups is 1. The maximum Gasteiger partial charge on any atom is 0.280 e. The van der Waals surface area contributed by atoms with Gasteiger partial charge in [-0.15, -0.1) is 0 Å². The molecule has 1 amide bonds. The van der Waals surface area contributed by atoms with Crippen LogP contribution in [0.5, 0.6) is 5.75 Å². The topological polar surface area (TPSA) is 63.8 Å². The number of hydrogen-bond acceptors (Lipinski definition) is 4. The predicted molar refractivity (Wildman–Crippen MR) is 85.7 cm³/mol.